The predicted molar refractivity (Wildman–Crippen MR) is 92.5 cm³/mol. The van der Waals surface area contributed by atoms with Crippen LogP contribution in [0.25, 0.3) is 0 Å². The SMILES string of the molecule is COc1cc(OC)cc(C(=O)N(CC(C)C)[C@@H]2CCS(=O)(=O)C2)c1. The highest BCUT2D eigenvalue weighted by Crippen LogP contribution is 2.26. The molecular formula is C17H25NO5S. The number of hydrogen-bond acceptors (Lipinski definition) is 5. The third kappa shape index (κ3) is 4.41. The van der Waals surface area contributed by atoms with Gasteiger partial charge in [0.2, 0.25) is 0 Å². The zero-order valence-corrected chi connectivity index (χ0v) is 15.4. The highest BCUT2D eigenvalue weighted by atomic mass is 32.2. The second kappa shape index (κ2) is 7.42. The molecule has 1 fully saturated rings. The standard InChI is InChI=1S/C17H25NO5S/c1-12(2)10-18(14-5-6-24(20,21)11-14)17(19)13-7-15(22-3)9-16(8-13)23-4/h7-9,12,14H,5-6,10-11H2,1-4H3/t14-/m1/s1. The van der Waals surface area contributed by atoms with Gasteiger partial charge in [-0.3, -0.25) is 4.79 Å². The van der Waals surface area contributed by atoms with E-state index >= 15 is 0 Å². The first kappa shape index (κ1) is 18.6. The van der Waals surface area contributed by atoms with E-state index in [0.717, 1.165) is 0 Å². The molecule has 24 heavy (non-hydrogen) atoms. The molecule has 1 aliphatic heterocycles. The minimum absolute atomic E-state index is 0.0343. The van der Waals surface area contributed by atoms with Crippen molar-refractivity contribution in [2.45, 2.75) is 26.3 Å². The second-order valence-corrected chi connectivity index (χ2v) is 8.74. The maximum atomic E-state index is 13.0. The molecule has 1 aliphatic rings. The van der Waals surface area contributed by atoms with Gasteiger partial charge in [-0.05, 0) is 24.5 Å². The Morgan fingerprint density at radius 2 is 1.79 bits per heavy atom. The molecule has 7 heteroatoms. The molecule has 1 atom stereocenters. The maximum Gasteiger partial charge on any atom is 0.254 e. The number of carbonyl (C=O) groups is 1. The lowest BCUT2D eigenvalue weighted by Crippen LogP contribution is -2.43. The van der Waals surface area contributed by atoms with E-state index in [-0.39, 0.29) is 29.4 Å². The third-order valence-corrected chi connectivity index (χ3v) is 5.82. The van der Waals surface area contributed by atoms with Gasteiger partial charge in [0.15, 0.2) is 9.84 Å². The van der Waals surface area contributed by atoms with Crippen molar-refractivity contribution in [1.82, 2.24) is 4.90 Å². The van der Waals surface area contributed by atoms with Crippen molar-refractivity contribution in [3.63, 3.8) is 0 Å². The molecule has 0 aromatic heterocycles. The number of sulfone groups is 1. The largest absolute Gasteiger partial charge is 0.497 e. The third-order valence-electron chi connectivity index (χ3n) is 4.07. The van der Waals surface area contributed by atoms with Crippen LogP contribution in [0.4, 0.5) is 0 Å². The zero-order chi connectivity index (χ0) is 17.9. The second-order valence-electron chi connectivity index (χ2n) is 6.51. The summed E-state index contributed by atoms with van der Waals surface area (Å²) in [4.78, 5) is 14.7. The summed E-state index contributed by atoms with van der Waals surface area (Å²) in [7, 11) is -0.00841. The first-order valence-corrected chi connectivity index (χ1v) is 9.82. The van der Waals surface area contributed by atoms with Crippen LogP contribution in [0, 0.1) is 5.92 Å². The van der Waals surface area contributed by atoms with Gasteiger partial charge in [-0.2, -0.15) is 0 Å². The van der Waals surface area contributed by atoms with E-state index in [2.05, 4.69) is 0 Å². The minimum atomic E-state index is -3.06. The lowest BCUT2D eigenvalue weighted by atomic mass is 10.1. The van der Waals surface area contributed by atoms with Crippen molar-refractivity contribution < 1.29 is 22.7 Å². The summed E-state index contributed by atoms with van der Waals surface area (Å²) in [5, 5.41) is 0. The van der Waals surface area contributed by atoms with Crippen molar-refractivity contribution in [1.29, 1.82) is 0 Å². The Hall–Kier alpha value is -1.76. The lowest BCUT2D eigenvalue weighted by molar-refractivity contribution is 0.0671. The van der Waals surface area contributed by atoms with E-state index in [4.69, 9.17) is 9.47 Å². The van der Waals surface area contributed by atoms with Crippen LogP contribution in [-0.2, 0) is 9.84 Å². The molecule has 0 aliphatic carbocycles. The van der Waals surface area contributed by atoms with E-state index in [1.54, 1.807) is 23.1 Å². The molecule has 0 N–H and O–H groups in total. The number of hydrogen-bond donors (Lipinski definition) is 0. The van der Waals surface area contributed by atoms with E-state index in [1.807, 2.05) is 13.8 Å². The first-order chi connectivity index (χ1) is 11.3. The summed E-state index contributed by atoms with van der Waals surface area (Å²) in [5.74, 6) is 1.28. The molecule has 1 aromatic rings. The molecule has 1 heterocycles. The Bertz CT molecular complexity index is 677. The fraction of sp³-hybridized carbons (Fsp3) is 0.588. The predicted octanol–water partition coefficient (Wildman–Crippen LogP) is 1.99. The van der Waals surface area contributed by atoms with Gasteiger partial charge in [0.1, 0.15) is 11.5 Å². The van der Waals surface area contributed by atoms with E-state index in [1.165, 1.54) is 14.2 Å². The molecule has 0 bridgehead atoms. The average molecular weight is 355 g/mol. The van der Waals surface area contributed by atoms with Gasteiger partial charge in [0.25, 0.3) is 5.91 Å². The van der Waals surface area contributed by atoms with Gasteiger partial charge >= 0.3 is 0 Å². The number of methoxy groups -OCH3 is 2. The number of amides is 1. The van der Waals surface area contributed by atoms with Gasteiger partial charge < -0.3 is 14.4 Å². The maximum absolute atomic E-state index is 13.0. The minimum Gasteiger partial charge on any atom is -0.497 e. The highest BCUT2D eigenvalue weighted by Gasteiger charge is 2.35. The molecule has 1 aromatic carbocycles. The highest BCUT2D eigenvalue weighted by molar-refractivity contribution is 7.91. The molecule has 0 spiro atoms. The molecule has 0 saturated carbocycles. The van der Waals surface area contributed by atoms with Crippen molar-refractivity contribution in [2.24, 2.45) is 5.92 Å². The Morgan fingerprint density at radius 3 is 2.21 bits per heavy atom. The van der Waals surface area contributed by atoms with Crippen LogP contribution in [0.2, 0.25) is 0 Å². The van der Waals surface area contributed by atoms with Crippen LogP contribution in [0.15, 0.2) is 18.2 Å². The quantitative estimate of drug-likeness (QED) is 0.780. The number of benzene rings is 1. The Morgan fingerprint density at radius 1 is 1.21 bits per heavy atom. The average Bonchev–Trinajstić information content (AvgIpc) is 2.90. The fourth-order valence-corrected chi connectivity index (χ4v) is 4.64. The van der Waals surface area contributed by atoms with E-state index < -0.39 is 9.84 Å². The summed E-state index contributed by atoms with van der Waals surface area (Å²) >= 11 is 0. The van der Waals surface area contributed by atoms with Crippen molar-refractivity contribution in [2.75, 3.05) is 32.3 Å². The molecule has 1 amide bonds. The summed E-state index contributed by atoms with van der Waals surface area (Å²) in [5.41, 5.74) is 0.441. The first-order valence-electron chi connectivity index (χ1n) is 8.00. The smallest absolute Gasteiger partial charge is 0.254 e. The summed E-state index contributed by atoms with van der Waals surface area (Å²) in [6.07, 6.45) is 0.488. The molecule has 2 rings (SSSR count). The molecule has 0 unspecified atom stereocenters. The number of carbonyl (C=O) groups excluding carboxylic acids is 1. The fourth-order valence-electron chi connectivity index (χ4n) is 2.91. The Kier molecular flexibility index (Phi) is 5.74. The molecular weight excluding hydrogens is 330 g/mol. The van der Waals surface area contributed by atoms with Crippen LogP contribution in [0.5, 0.6) is 11.5 Å². The number of nitrogens with zero attached hydrogens (tertiary/aromatic N) is 1. The van der Waals surface area contributed by atoms with Crippen LogP contribution in [-0.4, -0.2) is 57.5 Å². The Labute approximate surface area is 143 Å². The molecule has 1 saturated heterocycles. The summed E-state index contributed by atoms with van der Waals surface area (Å²) < 4.78 is 34.1. The monoisotopic (exact) mass is 355 g/mol. The van der Waals surface area contributed by atoms with Crippen LogP contribution in [0.3, 0.4) is 0 Å². The molecule has 134 valence electrons. The number of rotatable bonds is 6. The van der Waals surface area contributed by atoms with Gasteiger partial charge in [-0.15, -0.1) is 0 Å². The van der Waals surface area contributed by atoms with E-state index in [9.17, 15) is 13.2 Å². The zero-order valence-electron chi connectivity index (χ0n) is 14.6. The van der Waals surface area contributed by atoms with E-state index in [0.29, 0.717) is 30.0 Å². The van der Waals surface area contributed by atoms with Crippen molar-refractivity contribution in [3.8, 4) is 11.5 Å². The van der Waals surface area contributed by atoms with Gasteiger partial charge in [-0.1, -0.05) is 13.8 Å². The topological polar surface area (TPSA) is 72.9 Å². The van der Waals surface area contributed by atoms with Crippen LogP contribution in [0.1, 0.15) is 30.6 Å². The van der Waals surface area contributed by atoms with Crippen molar-refractivity contribution in [3.05, 3.63) is 23.8 Å². The van der Waals surface area contributed by atoms with Crippen LogP contribution < -0.4 is 9.47 Å². The van der Waals surface area contributed by atoms with Crippen LogP contribution >= 0.6 is 0 Å². The molecule has 0 radical (unpaired) electrons. The van der Waals surface area contributed by atoms with Gasteiger partial charge in [0, 0.05) is 24.2 Å². The van der Waals surface area contributed by atoms with Crippen molar-refractivity contribution >= 4 is 15.7 Å². The molecule has 6 nitrogen and oxygen atoms in total. The normalized spacial score (nSPS) is 19.3. The lowest BCUT2D eigenvalue weighted by Gasteiger charge is -2.30. The Balaban J connectivity index is 2.34. The number of ether oxygens (including phenoxy) is 2. The van der Waals surface area contributed by atoms with Gasteiger partial charge in [0.05, 0.1) is 25.7 Å². The summed E-state index contributed by atoms with van der Waals surface area (Å²) in [6.45, 7) is 4.53. The van der Waals surface area contributed by atoms with Gasteiger partial charge in [-0.25, -0.2) is 8.42 Å². The summed E-state index contributed by atoms with van der Waals surface area (Å²) in [6, 6.07) is 4.73.